The zero-order valence-electron chi connectivity index (χ0n) is 2.23. The first kappa shape index (κ1) is 31.1. The van der Waals surface area contributed by atoms with Crippen LogP contribution in [0.15, 0.2) is 13.2 Å². The van der Waals surface area contributed by atoms with E-state index in [0.717, 1.165) is 0 Å². The van der Waals surface area contributed by atoms with Gasteiger partial charge in [0.15, 0.2) is 0 Å². The van der Waals surface area contributed by atoms with Crippen LogP contribution in [-0.2, 0) is 0 Å². The van der Waals surface area contributed by atoms with E-state index in [0.29, 0.717) is 0 Å². The van der Waals surface area contributed by atoms with Gasteiger partial charge in [-0.3, -0.25) is 4.70 Å². The molecule has 0 saturated heterocycles. The van der Waals surface area contributed by atoms with Crippen molar-refractivity contribution in [2.75, 3.05) is 0 Å². The molecule has 0 aliphatic heterocycles. The van der Waals surface area contributed by atoms with Gasteiger partial charge in [0.2, 0.25) is 0 Å². The van der Waals surface area contributed by atoms with E-state index in [2.05, 4.69) is 13.2 Å². The third-order valence-electron chi connectivity index (χ3n) is 0. The molecule has 0 N–H and O–H groups in total. The Morgan fingerprint density at radius 2 is 1.00 bits per heavy atom. The molecule has 4 heavy (non-hydrogen) atoms. The van der Waals surface area contributed by atoms with E-state index in [4.69, 9.17) is 0 Å². The molecule has 0 radical (unpaired) electrons. The molecule has 0 saturated carbocycles. The fourth-order valence-electron chi connectivity index (χ4n) is 0. The predicted octanol–water partition coefficient (Wildman–Crippen LogP) is 1.53. The van der Waals surface area contributed by atoms with Crippen LogP contribution in [-0.4, -0.2) is 0 Å². The molecule has 0 aliphatic carbocycles. The van der Waals surface area contributed by atoms with E-state index in [-0.39, 0.29) is 21.7 Å². The Hall–Kier alpha value is 0.150. The van der Waals surface area contributed by atoms with Gasteiger partial charge in [0, 0.05) is 0 Å². The molecular formula is C2H6BrF. The molecule has 0 aliphatic rings. The van der Waals surface area contributed by atoms with Crippen molar-refractivity contribution in [1.82, 2.24) is 0 Å². The van der Waals surface area contributed by atoms with Gasteiger partial charge in [0.05, 0.1) is 0 Å². The summed E-state index contributed by atoms with van der Waals surface area (Å²) < 4.78 is 0. The summed E-state index contributed by atoms with van der Waals surface area (Å²) in [6.07, 6.45) is 0. The van der Waals surface area contributed by atoms with Crippen LogP contribution in [0, 0.1) is 0 Å². The second-order valence-electron chi connectivity index (χ2n) is 0. The van der Waals surface area contributed by atoms with Gasteiger partial charge in [-0.25, -0.2) is 0 Å². The molecule has 0 rings (SSSR count). The van der Waals surface area contributed by atoms with Gasteiger partial charge in [0.1, 0.15) is 0 Å². The fourth-order valence-corrected chi connectivity index (χ4v) is 0. The normalized spacial score (nSPS) is 1.00. The summed E-state index contributed by atoms with van der Waals surface area (Å²) in [6.45, 7) is 6.00. The van der Waals surface area contributed by atoms with Crippen LogP contribution in [0.3, 0.4) is 0 Å². The standard InChI is InChI=1S/C2H4.BrH.FH/c1-2;;/h1-2H2;2*1H. The Balaban J connectivity index is -0.00000000500. The molecule has 0 unspecified atom stereocenters. The maximum absolute atomic E-state index is 3.00. The first-order valence-corrected chi connectivity index (χ1v) is 0.500. The van der Waals surface area contributed by atoms with E-state index < -0.39 is 0 Å². The van der Waals surface area contributed by atoms with Gasteiger partial charge < -0.3 is 0 Å². The molecule has 0 aromatic heterocycles. The van der Waals surface area contributed by atoms with Gasteiger partial charge in [-0.1, -0.05) is 0 Å². The van der Waals surface area contributed by atoms with Gasteiger partial charge in [-0.15, -0.1) is 30.1 Å². The molecule has 0 heterocycles. The Morgan fingerprint density at radius 1 is 1.00 bits per heavy atom. The fraction of sp³-hybridized carbons (Fsp3) is 0. The number of hydrogen-bond acceptors (Lipinski definition) is 0. The molecular weight excluding hydrogens is 123 g/mol. The third-order valence-corrected chi connectivity index (χ3v) is 0. The smallest absolute Gasteiger partial charge is 0.106 e. The molecule has 28 valence electrons. The molecule has 0 atom stereocenters. The van der Waals surface area contributed by atoms with E-state index in [1.54, 1.807) is 0 Å². The maximum Gasteiger partial charge on any atom is -0.106 e. The van der Waals surface area contributed by atoms with Crippen molar-refractivity contribution in [1.29, 1.82) is 0 Å². The van der Waals surface area contributed by atoms with E-state index >= 15 is 0 Å². The minimum Gasteiger partial charge on any atom is -0.269 e. The minimum absolute atomic E-state index is 0. The summed E-state index contributed by atoms with van der Waals surface area (Å²) in [6, 6.07) is 0. The zero-order valence-corrected chi connectivity index (χ0v) is 3.94. The van der Waals surface area contributed by atoms with Crippen LogP contribution in [0.25, 0.3) is 0 Å². The van der Waals surface area contributed by atoms with Gasteiger partial charge in [-0.2, -0.15) is 0 Å². The zero-order chi connectivity index (χ0) is 2.00. The SMILES string of the molecule is Br.C=C.F. The average molecular weight is 129 g/mol. The third kappa shape index (κ3) is 126. The lowest BCUT2D eigenvalue weighted by atomic mass is 11.3. The van der Waals surface area contributed by atoms with Crippen molar-refractivity contribution in [3.05, 3.63) is 13.2 Å². The van der Waals surface area contributed by atoms with Crippen LogP contribution in [0.4, 0.5) is 4.70 Å². The van der Waals surface area contributed by atoms with Crippen molar-refractivity contribution in [3.63, 3.8) is 0 Å². The molecule has 0 aromatic rings. The van der Waals surface area contributed by atoms with Crippen molar-refractivity contribution in [2.45, 2.75) is 0 Å². The Kier molecular flexibility index (Phi) is 5040. The largest absolute Gasteiger partial charge is 0.269 e. The quantitative estimate of drug-likeness (QED) is 0.435. The number of hydrogen-bond donors (Lipinski definition) is 0. The van der Waals surface area contributed by atoms with E-state index in [1.165, 1.54) is 0 Å². The Morgan fingerprint density at radius 3 is 1.00 bits per heavy atom. The highest BCUT2D eigenvalue weighted by molar-refractivity contribution is 8.93. The van der Waals surface area contributed by atoms with Crippen molar-refractivity contribution in [2.24, 2.45) is 0 Å². The van der Waals surface area contributed by atoms with Crippen LogP contribution < -0.4 is 0 Å². The van der Waals surface area contributed by atoms with Crippen molar-refractivity contribution < 1.29 is 4.70 Å². The highest BCUT2D eigenvalue weighted by Crippen LogP contribution is 0.862. The first-order chi connectivity index (χ1) is 1.00. The predicted molar refractivity (Wildman–Crippen MR) is 24.1 cm³/mol. The second-order valence-corrected chi connectivity index (χ2v) is 0. The summed E-state index contributed by atoms with van der Waals surface area (Å²) in [7, 11) is 0. The van der Waals surface area contributed by atoms with E-state index in [9.17, 15) is 0 Å². The molecule has 0 fully saturated rings. The lowest BCUT2D eigenvalue weighted by Crippen LogP contribution is -0.552. The van der Waals surface area contributed by atoms with Crippen molar-refractivity contribution >= 4 is 17.0 Å². The summed E-state index contributed by atoms with van der Waals surface area (Å²) >= 11 is 0. The van der Waals surface area contributed by atoms with Gasteiger partial charge >= 0.3 is 0 Å². The lowest BCUT2D eigenvalue weighted by molar-refractivity contribution is 1.11. The topological polar surface area (TPSA) is 0 Å². The molecule has 0 spiro atoms. The summed E-state index contributed by atoms with van der Waals surface area (Å²) in [5, 5.41) is 0. The summed E-state index contributed by atoms with van der Waals surface area (Å²) in [4.78, 5) is 0. The van der Waals surface area contributed by atoms with Crippen molar-refractivity contribution in [3.8, 4) is 0 Å². The highest BCUT2D eigenvalue weighted by atomic mass is 79.9. The first-order valence-electron chi connectivity index (χ1n) is 0.500. The van der Waals surface area contributed by atoms with Crippen LogP contribution in [0.1, 0.15) is 0 Å². The minimum atomic E-state index is 0. The van der Waals surface area contributed by atoms with Crippen LogP contribution in [0.2, 0.25) is 0 Å². The van der Waals surface area contributed by atoms with Gasteiger partial charge in [0.25, 0.3) is 0 Å². The number of halogens is 2. The summed E-state index contributed by atoms with van der Waals surface area (Å²) in [5.74, 6) is 0. The molecule has 0 nitrogen and oxygen atoms in total. The molecule has 2 heteroatoms. The molecule has 0 bridgehead atoms. The molecule has 0 amide bonds. The highest BCUT2D eigenvalue weighted by Gasteiger charge is 0.601. The van der Waals surface area contributed by atoms with Crippen LogP contribution in [0.5, 0.6) is 0 Å². The van der Waals surface area contributed by atoms with E-state index in [1.807, 2.05) is 0 Å². The Labute approximate surface area is 35.7 Å². The average Bonchev–Trinajstić information content (AvgIpc) is 1.00. The lowest BCUT2D eigenvalue weighted by Gasteiger charge is -0.813. The maximum atomic E-state index is 3.00. The Bertz CT molecular complexity index is 6.00. The molecule has 0 aromatic carbocycles. The number of rotatable bonds is 0. The van der Waals surface area contributed by atoms with Gasteiger partial charge in [-0.05, 0) is 0 Å². The summed E-state index contributed by atoms with van der Waals surface area (Å²) in [5.41, 5.74) is 0. The van der Waals surface area contributed by atoms with Crippen LogP contribution >= 0.6 is 17.0 Å². The monoisotopic (exact) mass is 128 g/mol. The second kappa shape index (κ2) is 647.